The maximum atomic E-state index is 5.74. The van der Waals surface area contributed by atoms with Crippen molar-refractivity contribution >= 4 is 0 Å². The molecule has 0 aliphatic heterocycles. The highest BCUT2D eigenvalue weighted by Crippen LogP contribution is 2.20. The Labute approximate surface area is 112 Å². The lowest BCUT2D eigenvalue weighted by Crippen LogP contribution is -2.27. The van der Waals surface area contributed by atoms with Crippen LogP contribution in [-0.4, -0.2) is 31.6 Å². The minimum Gasteiger partial charge on any atom is -0.330 e. The van der Waals surface area contributed by atoms with Gasteiger partial charge < -0.3 is 10.6 Å². The number of benzene rings is 1. The summed E-state index contributed by atoms with van der Waals surface area (Å²) in [5.41, 5.74) is 7.46. The van der Waals surface area contributed by atoms with Crippen molar-refractivity contribution in [3.8, 4) is 0 Å². The molecule has 0 saturated carbocycles. The van der Waals surface area contributed by atoms with Crippen LogP contribution in [0.15, 0.2) is 30.3 Å². The van der Waals surface area contributed by atoms with E-state index in [-0.39, 0.29) is 0 Å². The van der Waals surface area contributed by atoms with E-state index in [9.17, 15) is 0 Å². The van der Waals surface area contributed by atoms with Crippen LogP contribution in [-0.2, 0) is 6.42 Å². The Hall–Kier alpha value is -0.860. The van der Waals surface area contributed by atoms with E-state index in [0.29, 0.717) is 5.41 Å². The Morgan fingerprint density at radius 1 is 1.11 bits per heavy atom. The molecule has 0 spiro atoms. The van der Waals surface area contributed by atoms with E-state index in [1.807, 2.05) is 0 Å². The molecule has 0 aromatic heterocycles. The van der Waals surface area contributed by atoms with Crippen molar-refractivity contribution in [2.24, 2.45) is 11.1 Å². The summed E-state index contributed by atoms with van der Waals surface area (Å²) in [6, 6.07) is 10.7. The van der Waals surface area contributed by atoms with Crippen molar-refractivity contribution in [2.75, 3.05) is 26.7 Å². The first-order chi connectivity index (χ1) is 8.53. The highest BCUT2D eigenvalue weighted by Gasteiger charge is 2.14. The van der Waals surface area contributed by atoms with Gasteiger partial charge in [0.15, 0.2) is 0 Å². The molecule has 2 heteroatoms. The molecule has 0 bridgehead atoms. The number of hydrogen-bond acceptors (Lipinski definition) is 2. The topological polar surface area (TPSA) is 29.3 Å². The van der Waals surface area contributed by atoms with E-state index in [2.05, 4.69) is 56.1 Å². The Morgan fingerprint density at radius 2 is 1.78 bits per heavy atom. The van der Waals surface area contributed by atoms with Crippen LogP contribution in [0.1, 0.15) is 32.3 Å². The van der Waals surface area contributed by atoms with Gasteiger partial charge in [-0.1, -0.05) is 44.2 Å². The van der Waals surface area contributed by atoms with E-state index in [0.717, 1.165) is 26.1 Å². The van der Waals surface area contributed by atoms with Crippen molar-refractivity contribution in [2.45, 2.75) is 33.1 Å². The van der Waals surface area contributed by atoms with E-state index < -0.39 is 0 Å². The first-order valence-corrected chi connectivity index (χ1v) is 6.96. The lowest BCUT2D eigenvalue weighted by molar-refractivity contribution is 0.280. The normalized spacial score (nSPS) is 12.1. The van der Waals surface area contributed by atoms with Crippen LogP contribution >= 0.6 is 0 Å². The Bertz CT molecular complexity index is 319. The van der Waals surface area contributed by atoms with Crippen LogP contribution in [0.4, 0.5) is 0 Å². The Morgan fingerprint density at radius 3 is 2.39 bits per heavy atom. The molecule has 0 unspecified atom stereocenters. The Balaban J connectivity index is 2.16. The van der Waals surface area contributed by atoms with Gasteiger partial charge in [-0.3, -0.25) is 0 Å². The van der Waals surface area contributed by atoms with Gasteiger partial charge in [-0.25, -0.2) is 0 Å². The van der Waals surface area contributed by atoms with E-state index in [1.165, 1.54) is 18.4 Å². The highest BCUT2D eigenvalue weighted by molar-refractivity contribution is 5.14. The van der Waals surface area contributed by atoms with Crippen LogP contribution < -0.4 is 5.73 Å². The molecule has 1 aromatic carbocycles. The lowest BCUT2D eigenvalue weighted by atomic mass is 9.88. The molecule has 0 fully saturated rings. The first-order valence-electron chi connectivity index (χ1n) is 6.96. The summed E-state index contributed by atoms with van der Waals surface area (Å²) in [4.78, 5) is 2.42. The molecule has 2 N–H and O–H groups in total. The quantitative estimate of drug-likeness (QED) is 0.766. The number of nitrogens with zero attached hydrogens (tertiary/aromatic N) is 1. The molecule has 0 saturated heterocycles. The molecule has 0 radical (unpaired) electrons. The lowest BCUT2D eigenvalue weighted by Gasteiger charge is -2.24. The van der Waals surface area contributed by atoms with Gasteiger partial charge in [0, 0.05) is 6.54 Å². The van der Waals surface area contributed by atoms with E-state index >= 15 is 0 Å². The van der Waals surface area contributed by atoms with Gasteiger partial charge in [-0.2, -0.15) is 0 Å². The molecule has 102 valence electrons. The van der Waals surface area contributed by atoms with Gasteiger partial charge in [-0.15, -0.1) is 0 Å². The smallest absolute Gasteiger partial charge is 0.00188 e. The highest BCUT2D eigenvalue weighted by atomic mass is 15.1. The third kappa shape index (κ3) is 6.18. The fraction of sp³-hybridized carbons (Fsp3) is 0.625. The standard InChI is InChI=1S/C16H28N2/c1-16(2,14-17)11-7-12-18(3)13-10-15-8-5-4-6-9-15/h4-6,8-9H,7,10-14,17H2,1-3H3. The largest absolute Gasteiger partial charge is 0.330 e. The van der Waals surface area contributed by atoms with Gasteiger partial charge in [0.05, 0.1) is 0 Å². The first kappa shape index (κ1) is 15.2. The summed E-state index contributed by atoms with van der Waals surface area (Å²) < 4.78 is 0. The minimum atomic E-state index is 0.292. The van der Waals surface area contributed by atoms with Crippen molar-refractivity contribution in [1.29, 1.82) is 0 Å². The maximum Gasteiger partial charge on any atom is 0.00188 e. The molecule has 0 atom stereocenters. The summed E-state index contributed by atoms with van der Waals surface area (Å²) in [5.74, 6) is 0. The summed E-state index contributed by atoms with van der Waals surface area (Å²) in [7, 11) is 2.21. The molecule has 0 amide bonds. The zero-order valence-corrected chi connectivity index (χ0v) is 12.2. The van der Waals surface area contributed by atoms with Gasteiger partial charge >= 0.3 is 0 Å². The molecule has 1 rings (SSSR count). The SMILES string of the molecule is CN(CCCC(C)(C)CN)CCc1ccccc1. The molecular formula is C16H28N2. The number of hydrogen-bond donors (Lipinski definition) is 1. The van der Waals surface area contributed by atoms with Gasteiger partial charge in [0.25, 0.3) is 0 Å². The zero-order valence-electron chi connectivity index (χ0n) is 12.2. The van der Waals surface area contributed by atoms with Crippen LogP contribution in [0.5, 0.6) is 0 Å². The predicted molar refractivity (Wildman–Crippen MR) is 79.7 cm³/mol. The average Bonchev–Trinajstić information content (AvgIpc) is 2.37. The van der Waals surface area contributed by atoms with Crippen molar-refractivity contribution in [1.82, 2.24) is 4.90 Å². The second kappa shape index (κ2) is 7.55. The van der Waals surface area contributed by atoms with Crippen LogP contribution in [0.2, 0.25) is 0 Å². The van der Waals surface area contributed by atoms with Gasteiger partial charge in [0.1, 0.15) is 0 Å². The van der Waals surface area contributed by atoms with E-state index in [1.54, 1.807) is 0 Å². The average molecular weight is 248 g/mol. The second-order valence-corrected chi connectivity index (χ2v) is 6.01. The number of likely N-dealkylation sites (N-methyl/N-ethyl adjacent to an activating group) is 1. The number of rotatable bonds is 8. The van der Waals surface area contributed by atoms with Crippen LogP contribution in [0, 0.1) is 5.41 Å². The zero-order chi connectivity index (χ0) is 13.4. The maximum absolute atomic E-state index is 5.74. The number of nitrogens with two attached hydrogens (primary N) is 1. The second-order valence-electron chi connectivity index (χ2n) is 6.01. The summed E-state index contributed by atoms with van der Waals surface area (Å²) in [5, 5.41) is 0. The fourth-order valence-corrected chi connectivity index (χ4v) is 2.01. The Kier molecular flexibility index (Phi) is 6.37. The summed E-state index contributed by atoms with van der Waals surface area (Å²) in [6.45, 7) is 7.57. The monoisotopic (exact) mass is 248 g/mol. The van der Waals surface area contributed by atoms with Crippen LogP contribution in [0.25, 0.3) is 0 Å². The molecule has 18 heavy (non-hydrogen) atoms. The van der Waals surface area contributed by atoms with Gasteiger partial charge in [-0.05, 0) is 50.4 Å². The summed E-state index contributed by atoms with van der Waals surface area (Å²) in [6.07, 6.45) is 3.58. The van der Waals surface area contributed by atoms with Crippen LogP contribution in [0.3, 0.4) is 0 Å². The third-order valence-electron chi connectivity index (χ3n) is 3.57. The van der Waals surface area contributed by atoms with E-state index in [4.69, 9.17) is 5.73 Å². The molecule has 1 aromatic rings. The minimum absolute atomic E-state index is 0.292. The van der Waals surface area contributed by atoms with Crippen molar-refractivity contribution in [3.05, 3.63) is 35.9 Å². The molecule has 0 aliphatic carbocycles. The van der Waals surface area contributed by atoms with Crippen molar-refractivity contribution in [3.63, 3.8) is 0 Å². The third-order valence-corrected chi connectivity index (χ3v) is 3.57. The molecule has 0 heterocycles. The summed E-state index contributed by atoms with van der Waals surface area (Å²) >= 11 is 0. The molecule has 0 aliphatic rings. The molecule has 2 nitrogen and oxygen atoms in total. The predicted octanol–water partition coefficient (Wildman–Crippen LogP) is 2.93. The van der Waals surface area contributed by atoms with Crippen molar-refractivity contribution < 1.29 is 0 Å². The van der Waals surface area contributed by atoms with Gasteiger partial charge in [0.2, 0.25) is 0 Å². The molecular weight excluding hydrogens is 220 g/mol. The fourth-order valence-electron chi connectivity index (χ4n) is 2.01.